The molecular formula is C14H14ClN. The summed E-state index contributed by atoms with van der Waals surface area (Å²) in [7, 11) is 0. The lowest BCUT2D eigenvalue weighted by Gasteiger charge is -2.15. The highest BCUT2D eigenvalue weighted by molar-refractivity contribution is 6.31. The molecule has 2 heteroatoms. The Morgan fingerprint density at radius 2 is 2.06 bits per heavy atom. The Morgan fingerprint density at radius 3 is 2.81 bits per heavy atom. The van der Waals surface area contributed by atoms with Gasteiger partial charge in [-0.05, 0) is 41.7 Å². The second-order valence-corrected chi connectivity index (χ2v) is 4.38. The predicted molar refractivity (Wildman–Crippen MR) is 69.1 cm³/mol. The molecule has 1 nitrogen and oxygen atoms in total. The number of hydrogen-bond acceptors (Lipinski definition) is 1. The third-order valence-electron chi connectivity index (χ3n) is 2.74. The van der Waals surface area contributed by atoms with E-state index in [4.69, 9.17) is 11.6 Å². The van der Waals surface area contributed by atoms with Gasteiger partial charge in [0.05, 0.1) is 0 Å². The van der Waals surface area contributed by atoms with E-state index >= 15 is 0 Å². The summed E-state index contributed by atoms with van der Waals surface area (Å²) in [5.41, 5.74) is 2.57. The van der Waals surface area contributed by atoms with Crippen molar-refractivity contribution in [1.82, 2.24) is 4.98 Å². The summed E-state index contributed by atoms with van der Waals surface area (Å²) in [5.74, 6) is 0.473. The molecule has 0 N–H and O–H groups in total. The van der Waals surface area contributed by atoms with Gasteiger partial charge in [0.2, 0.25) is 0 Å². The number of nitrogens with zero attached hydrogens (tertiary/aromatic N) is 1. The Morgan fingerprint density at radius 1 is 1.31 bits per heavy atom. The molecule has 0 aromatic carbocycles. The molecule has 82 valence electrons. The second kappa shape index (κ2) is 5.13. The third-order valence-corrected chi connectivity index (χ3v) is 3.02. The highest BCUT2D eigenvalue weighted by Gasteiger charge is 2.10. The van der Waals surface area contributed by atoms with Gasteiger partial charge in [-0.15, -0.1) is 0 Å². The Balaban J connectivity index is 2.34. The fraction of sp³-hybridized carbons (Fsp3) is 0.214. The number of allylic oxidation sites excluding steroid dienone is 6. The average Bonchev–Trinajstić information content (AvgIpc) is 2.31. The van der Waals surface area contributed by atoms with Crippen LogP contribution in [-0.2, 0) is 0 Å². The van der Waals surface area contributed by atoms with Gasteiger partial charge in [-0.3, -0.25) is 4.98 Å². The molecule has 1 unspecified atom stereocenters. The van der Waals surface area contributed by atoms with Crippen molar-refractivity contribution >= 4 is 17.2 Å². The van der Waals surface area contributed by atoms with E-state index in [1.165, 1.54) is 11.1 Å². The number of pyridine rings is 1. The monoisotopic (exact) mass is 231 g/mol. The first kappa shape index (κ1) is 11.2. The molecule has 0 amide bonds. The summed E-state index contributed by atoms with van der Waals surface area (Å²) in [6.07, 6.45) is 12.8. The first-order chi connectivity index (χ1) is 7.77. The van der Waals surface area contributed by atoms with Crippen LogP contribution in [0.3, 0.4) is 0 Å². The molecule has 0 saturated heterocycles. The van der Waals surface area contributed by atoms with E-state index < -0.39 is 0 Å². The molecule has 0 saturated carbocycles. The smallest absolute Gasteiger partial charge is 0.0366 e. The fourth-order valence-corrected chi connectivity index (χ4v) is 1.98. The lowest BCUT2D eigenvalue weighted by atomic mass is 9.90. The highest BCUT2D eigenvalue weighted by atomic mass is 35.5. The van der Waals surface area contributed by atoms with Crippen LogP contribution in [0, 0.1) is 5.92 Å². The van der Waals surface area contributed by atoms with Gasteiger partial charge in [-0.25, -0.2) is 0 Å². The average molecular weight is 232 g/mol. The maximum Gasteiger partial charge on any atom is 0.0366 e. The van der Waals surface area contributed by atoms with Crippen molar-refractivity contribution in [3.8, 4) is 0 Å². The Hall–Kier alpha value is -1.34. The van der Waals surface area contributed by atoms with E-state index in [1.54, 1.807) is 0 Å². The first-order valence-electron chi connectivity index (χ1n) is 5.41. The fourth-order valence-electron chi connectivity index (χ4n) is 1.82. The van der Waals surface area contributed by atoms with Gasteiger partial charge < -0.3 is 0 Å². The first-order valence-corrected chi connectivity index (χ1v) is 5.79. The van der Waals surface area contributed by atoms with Gasteiger partial charge in [0, 0.05) is 17.4 Å². The Bertz CT molecular complexity index is 443. The zero-order valence-electron chi connectivity index (χ0n) is 9.23. The van der Waals surface area contributed by atoms with Crippen molar-refractivity contribution in [3.05, 3.63) is 59.4 Å². The second-order valence-electron chi connectivity index (χ2n) is 3.94. The molecule has 1 aromatic rings. The van der Waals surface area contributed by atoms with Gasteiger partial charge >= 0.3 is 0 Å². The number of rotatable bonds is 1. The van der Waals surface area contributed by atoms with Crippen LogP contribution in [0.5, 0.6) is 0 Å². The molecule has 1 aromatic heterocycles. The zero-order valence-corrected chi connectivity index (χ0v) is 9.98. The van der Waals surface area contributed by atoms with Crippen LogP contribution in [-0.4, -0.2) is 4.98 Å². The van der Waals surface area contributed by atoms with Gasteiger partial charge in [-0.2, -0.15) is 0 Å². The minimum atomic E-state index is 0.473. The van der Waals surface area contributed by atoms with Crippen LogP contribution in [0.15, 0.2) is 53.9 Å². The summed E-state index contributed by atoms with van der Waals surface area (Å²) in [5, 5.41) is 0.817. The van der Waals surface area contributed by atoms with Crippen LogP contribution in [0.1, 0.15) is 18.9 Å². The number of aromatic nitrogens is 1. The van der Waals surface area contributed by atoms with E-state index in [0.29, 0.717) is 5.92 Å². The molecule has 0 fully saturated rings. The van der Waals surface area contributed by atoms with Crippen LogP contribution in [0.4, 0.5) is 0 Å². The van der Waals surface area contributed by atoms with Crippen LogP contribution in [0.2, 0.25) is 0 Å². The molecule has 1 aliphatic rings. The van der Waals surface area contributed by atoms with Crippen molar-refractivity contribution in [2.75, 3.05) is 0 Å². The van der Waals surface area contributed by atoms with Crippen LogP contribution >= 0.6 is 11.6 Å². The molecule has 2 rings (SSSR count). The van der Waals surface area contributed by atoms with Crippen molar-refractivity contribution < 1.29 is 0 Å². The van der Waals surface area contributed by atoms with E-state index in [-0.39, 0.29) is 0 Å². The standard InChI is InChI=1S/C14H14ClN/c1-11-5-6-13(15)3-2-4-14(11)12-7-9-16-10-8-12/h2-4,6-11H,5H2,1H3/b3-2-,13-6-,14-4+. The van der Waals surface area contributed by atoms with Gasteiger partial charge in [0.15, 0.2) is 0 Å². The van der Waals surface area contributed by atoms with Gasteiger partial charge in [0.25, 0.3) is 0 Å². The normalized spacial score (nSPS) is 29.2. The van der Waals surface area contributed by atoms with Gasteiger partial charge in [0.1, 0.15) is 0 Å². The maximum absolute atomic E-state index is 5.99. The minimum absolute atomic E-state index is 0.473. The van der Waals surface area contributed by atoms with Crippen molar-refractivity contribution in [3.63, 3.8) is 0 Å². The topological polar surface area (TPSA) is 12.9 Å². The molecule has 1 aliphatic carbocycles. The number of halogens is 1. The molecule has 0 bridgehead atoms. The summed E-state index contributed by atoms with van der Waals surface area (Å²) in [6, 6.07) is 4.09. The van der Waals surface area contributed by atoms with E-state index in [9.17, 15) is 0 Å². The third kappa shape index (κ3) is 2.61. The zero-order chi connectivity index (χ0) is 11.4. The van der Waals surface area contributed by atoms with Crippen molar-refractivity contribution in [2.45, 2.75) is 13.3 Å². The lowest BCUT2D eigenvalue weighted by Crippen LogP contribution is -1.99. The summed E-state index contributed by atoms with van der Waals surface area (Å²) in [4.78, 5) is 4.04. The molecule has 1 atom stereocenters. The summed E-state index contributed by atoms with van der Waals surface area (Å²) >= 11 is 5.99. The van der Waals surface area contributed by atoms with E-state index in [1.807, 2.05) is 36.7 Å². The van der Waals surface area contributed by atoms with Crippen molar-refractivity contribution in [1.29, 1.82) is 0 Å². The van der Waals surface area contributed by atoms with Crippen LogP contribution < -0.4 is 0 Å². The van der Waals surface area contributed by atoms with Gasteiger partial charge in [-0.1, -0.05) is 36.8 Å². The molecule has 0 spiro atoms. The Kier molecular flexibility index (Phi) is 3.58. The molecule has 0 aliphatic heterocycles. The molecule has 16 heavy (non-hydrogen) atoms. The van der Waals surface area contributed by atoms with Crippen molar-refractivity contribution in [2.24, 2.45) is 5.92 Å². The highest BCUT2D eigenvalue weighted by Crippen LogP contribution is 2.28. The van der Waals surface area contributed by atoms with E-state index in [2.05, 4.69) is 24.1 Å². The quantitative estimate of drug-likeness (QED) is 0.707. The summed E-state index contributed by atoms with van der Waals surface area (Å²) in [6.45, 7) is 2.21. The van der Waals surface area contributed by atoms with E-state index in [0.717, 1.165) is 11.5 Å². The largest absolute Gasteiger partial charge is 0.265 e. The maximum atomic E-state index is 5.99. The number of hydrogen-bond donors (Lipinski definition) is 0. The molecular weight excluding hydrogens is 218 g/mol. The Labute approximate surface area is 101 Å². The minimum Gasteiger partial charge on any atom is -0.265 e. The SMILES string of the molecule is CC1C/C=C(Cl)/C=C\C=C/1c1ccncc1. The predicted octanol–water partition coefficient (Wildman–Crippen LogP) is 4.18. The summed E-state index contributed by atoms with van der Waals surface area (Å²) < 4.78 is 0. The molecule has 0 radical (unpaired) electrons. The molecule has 1 heterocycles. The van der Waals surface area contributed by atoms with Crippen LogP contribution in [0.25, 0.3) is 5.57 Å². The lowest BCUT2D eigenvalue weighted by molar-refractivity contribution is 0.764.